The molecule has 2 N–H and O–H groups in total. The highest BCUT2D eigenvalue weighted by molar-refractivity contribution is 5.86. The number of para-hydroxylation sites is 1. The standard InChI is InChI=1S/C22H24N2O4/c1-13-8-9-14(2)21(15(13)3)28-12-20(25)24-19(22(26)27)10-16-11-23-18-7-5-4-6-17(16)18/h4-9,11,19,23H,10,12H2,1-3H3,(H,24,25)(H,26,27)/p-1/t19-/m0/s1. The summed E-state index contributed by atoms with van der Waals surface area (Å²) in [6.07, 6.45) is 1.88. The molecule has 0 fully saturated rings. The number of aryl methyl sites for hydroxylation is 2. The second-order valence-electron chi connectivity index (χ2n) is 6.94. The van der Waals surface area contributed by atoms with Crippen molar-refractivity contribution in [3.63, 3.8) is 0 Å². The van der Waals surface area contributed by atoms with Gasteiger partial charge in [0.05, 0.1) is 12.0 Å². The first-order chi connectivity index (χ1) is 13.4. The van der Waals surface area contributed by atoms with Gasteiger partial charge in [-0.2, -0.15) is 0 Å². The number of carboxylic acid groups (broad SMARTS) is 1. The van der Waals surface area contributed by atoms with Gasteiger partial charge in [-0.3, -0.25) is 4.79 Å². The molecule has 1 atom stereocenters. The SMILES string of the molecule is Cc1ccc(C)c(OCC(=O)N[C@@H](Cc2c[nH]c3ccccc23)C(=O)[O-])c1C. The van der Waals surface area contributed by atoms with E-state index in [0.29, 0.717) is 5.75 Å². The molecule has 3 rings (SSSR count). The lowest BCUT2D eigenvalue weighted by Crippen LogP contribution is -2.50. The van der Waals surface area contributed by atoms with E-state index in [0.717, 1.165) is 33.2 Å². The van der Waals surface area contributed by atoms with Crippen molar-refractivity contribution in [2.45, 2.75) is 33.2 Å². The minimum Gasteiger partial charge on any atom is -0.548 e. The zero-order chi connectivity index (χ0) is 20.3. The molecule has 0 radical (unpaired) electrons. The summed E-state index contributed by atoms with van der Waals surface area (Å²) >= 11 is 0. The van der Waals surface area contributed by atoms with Crippen molar-refractivity contribution in [1.29, 1.82) is 0 Å². The quantitative estimate of drug-likeness (QED) is 0.656. The van der Waals surface area contributed by atoms with Gasteiger partial charge in [0.25, 0.3) is 5.91 Å². The normalized spacial score (nSPS) is 12.0. The largest absolute Gasteiger partial charge is 0.548 e. The van der Waals surface area contributed by atoms with Crippen LogP contribution >= 0.6 is 0 Å². The van der Waals surface area contributed by atoms with E-state index in [-0.39, 0.29) is 13.0 Å². The predicted octanol–water partition coefficient (Wildman–Crippen LogP) is 1.95. The molecule has 0 bridgehead atoms. The molecule has 0 spiro atoms. The zero-order valence-corrected chi connectivity index (χ0v) is 16.2. The number of carbonyl (C=O) groups is 2. The molecule has 0 aliphatic carbocycles. The van der Waals surface area contributed by atoms with E-state index < -0.39 is 17.9 Å². The third-order valence-electron chi connectivity index (χ3n) is 4.94. The van der Waals surface area contributed by atoms with Gasteiger partial charge in [-0.25, -0.2) is 0 Å². The van der Waals surface area contributed by atoms with E-state index in [1.54, 1.807) is 6.20 Å². The van der Waals surface area contributed by atoms with Gasteiger partial charge in [-0.1, -0.05) is 30.3 Å². The van der Waals surface area contributed by atoms with Crippen LogP contribution in [-0.4, -0.2) is 29.5 Å². The van der Waals surface area contributed by atoms with Crippen molar-refractivity contribution in [2.24, 2.45) is 0 Å². The highest BCUT2D eigenvalue weighted by atomic mass is 16.5. The number of hydrogen-bond acceptors (Lipinski definition) is 4. The van der Waals surface area contributed by atoms with Crippen LogP contribution in [0.3, 0.4) is 0 Å². The number of amides is 1. The average molecular weight is 379 g/mol. The van der Waals surface area contributed by atoms with Crippen LogP contribution in [-0.2, 0) is 16.0 Å². The summed E-state index contributed by atoms with van der Waals surface area (Å²) in [7, 11) is 0. The van der Waals surface area contributed by atoms with Gasteiger partial charge in [0.15, 0.2) is 6.61 Å². The number of H-pyrrole nitrogens is 1. The molecule has 0 saturated carbocycles. The predicted molar refractivity (Wildman–Crippen MR) is 105 cm³/mol. The van der Waals surface area contributed by atoms with Gasteiger partial charge >= 0.3 is 0 Å². The molecule has 6 heteroatoms. The van der Waals surface area contributed by atoms with Crippen molar-refractivity contribution >= 4 is 22.8 Å². The minimum atomic E-state index is -1.33. The summed E-state index contributed by atoms with van der Waals surface area (Å²) in [5.41, 5.74) is 4.66. The van der Waals surface area contributed by atoms with Crippen LogP contribution in [0, 0.1) is 20.8 Å². The second-order valence-corrected chi connectivity index (χ2v) is 6.94. The summed E-state index contributed by atoms with van der Waals surface area (Å²) in [5, 5.41) is 15.0. The molecule has 28 heavy (non-hydrogen) atoms. The third-order valence-corrected chi connectivity index (χ3v) is 4.94. The number of aromatic amines is 1. The molecule has 0 aliphatic rings. The summed E-state index contributed by atoms with van der Waals surface area (Å²) in [6.45, 7) is 5.54. The van der Waals surface area contributed by atoms with Crippen LogP contribution in [0.15, 0.2) is 42.6 Å². The molecule has 1 aromatic heterocycles. The smallest absolute Gasteiger partial charge is 0.258 e. The lowest BCUT2D eigenvalue weighted by Gasteiger charge is -2.20. The number of nitrogens with one attached hydrogen (secondary N) is 2. The van der Waals surface area contributed by atoms with Gasteiger partial charge in [0.2, 0.25) is 0 Å². The van der Waals surface area contributed by atoms with Crippen LogP contribution in [0.25, 0.3) is 10.9 Å². The molecule has 1 amide bonds. The maximum atomic E-state index is 12.3. The molecule has 3 aromatic rings. The number of fused-ring (bicyclic) bond motifs is 1. The Bertz CT molecular complexity index is 1020. The Morgan fingerprint density at radius 2 is 1.82 bits per heavy atom. The number of benzene rings is 2. The van der Waals surface area contributed by atoms with E-state index in [2.05, 4.69) is 10.3 Å². The summed E-state index contributed by atoms with van der Waals surface area (Å²) in [5.74, 6) is -1.19. The van der Waals surface area contributed by atoms with Gasteiger partial charge < -0.3 is 24.9 Å². The van der Waals surface area contributed by atoms with E-state index >= 15 is 0 Å². The Morgan fingerprint density at radius 3 is 2.57 bits per heavy atom. The number of ether oxygens (including phenoxy) is 1. The average Bonchev–Trinajstić information content (AvgIpc) is 3.07. The maximum absolute atomic E-state index is 12.3. The fourth-order valence-corrected chi connectivity index (χ4v) is 3.24. The molecule has 1 heterocycles. The molecular formula is C22H23N2O4-. The van der Waals surface area contributed by atoms with Crippen molar-refractivity contribution in [1.82, 2.24) is 10.3 Å². The van der Waals surface area contributed by atoms with Crippen LogP contribution in [0.4, 0.5) is 0 Å². The van der Waals surface area contributed by atoms with Gasteiger partial charge in [-0.15, -0.1) is 0 Å². The number of carboxylic acids is 1. The second kappa shape index (κ2) is 8.17. The van der Waals surface area contributed by atoms with Gasteiger partial charge in [-0.05, 0) is 49.1 Å². The lowest BCUT2D eigenvalue weighted by atomic mass is 10.0. The van der Waals surface area contributed by atoms with Crippen LogP contribution in [0.2, 0.25) is 0 Å². The first kappa shape index (κ1) is 19.5. The Hall–Kier alpha value is -3.28. The summed E-state index contributed by atoms with van der Waals surface area (Å²) < 4.78 is 5.66. The first-order valence-electron chi connectivity index (χ1n) is 9.11. The monoisotopic (exact) mass is 379 g/mol. The fraction of sp³-hybridized carbons (Fsp3) is 0.273. The molecule has 2 aromatic carbocycles. The fourth-order valence-electron chi connectivity index (χ4n) is 3.24. The van der Waals surface area contributed by atoms with E-state index in [9.17, 15) is 14.7 Å². The maximum Gasteiger partial charge on any atom is 0.258 e. The molecule has 0 saturated heterocycles. The molecule has 0 unspecified atom stereocenters. The van der Waals surface area contributed by atoms with Crippen molar-refractivity contribution in [3.05, 3.63) is 64.8 Å². The van der Waals surface area contributed by atoms with E-state index in [1.165, 1.54) is 0 Å². The Labute approximate surface area is 163 Å². The molecule has 0 aliphatic heterocycles. The van der Waals surface area contributed by atoms with Crippen molar-refractivity contribution < 1.29 is 19.4 Å². The summed E-state index contributed by atoms with van der Waals surface area (Å²) in [4.78, 5) is 26.9. The van der Waals surface area contributed by atoms with Crippen LogP contribution in [0.1, 0.15) is 22.3 Å². The lowest BCUT2D eigenvalue weighted by molar-refractivity contribution is -0.308. The van der Waals surface area contributed by atoms with Crippen LogP contribution < -0.4 is 15.2 Å². The minimum absolute atomic E-state index is 0.126. The van der Waals surface area contributed by atoms with Crippen molar-refractivity contribution in [2.75, 3.05) is 6.61 Å². The number of carbonyl (C=O) groups excluding carboxylic acids is 2. The Kier molecular flexibility index (Phi) is 5.68. The molecule has 6 nitrogen and oxygen atoms in total. The van der Waals surface area contributed by atoms with Gasteiger partial charge in [0.1, 0.15) is 5.75 Å². The van der Waals surface area contributed by atoms with Gasteiger partial charge in [0, 0.05) is 23.5 Å². The van der Waals surface area contributed by atoms with E-state index in [4.69, 9.17) is 4.74 Å². The summed E-state index contributed by atoms with van der Waals surface area (Å²) in [6, 6.07) is 10.4. The topological polar surface area (TPSA) is 94.2 Å². The first-order valence-corrected chi connectivity index (χ1v) is 9.11. The van der Waals surface area contributed by atoms with Crippen LogP contribution in [0.5, 0.6) is 5.75 Å². The Balaban J connectivity index is 1.67. The number of aliphatic carboxylic acids is 1. The number of aromatic nitrogens is 1. The molecular weight excluding hydrogens is 356 g/mol. The molecule has 146 valence electrons. The third kappa shape index (κ3) is 4.17. The highest BCUT2D eigenvalue weighted by Gasteiger charge is 2.17. The highest BCUT2D eigenvalue weighted by Crippen LogP contribution is 2.25. The van der Waals surface area contributed by atoms with E-state index in [1.807, 2.05) is 57.2 Å². The zero-order valence-electron chi connectivity index (χ0n) is 16.2. The Morgan fingerprint density at radius 1 is 1.11 bits per heavy atom. The number of hydrogen-bond donors (Lipinski definition) is 2. The van der Waals surface area contributed by atoms with Crippen molar-refractivity contribution in [3.8, 4) is 5.75 Å². The number of rotatable bonds is 7.